The molecule has 0 aromatic rings. The van der Waals surface area contributed by atoms with Gasteiger partial charge in [-0.3, -0.25) is 4.79 Å². The first-order chi connectivity index (χ1) is 8.77. The standard InChI is InChI=1S/C15H31N3O/c1-11(2)10-18(12(3)4)9-7-13-6-5-8-15(13,17)14(16)19/h11-13H,5-10,17H2,1-4H3,(H2,16,19). The zero-order chi connectivity index (χ0) is 14.6. The molecule has 0 aliphatic heterocycles. The smallest absolute Gasteiger partial charge is 0.237 e. The van der Waals surface area contributed by atoms with Crippen LogP contribution in [0.15, 0.2) is 0 Å². The molecular weight excluding hydrogens is 238 g/mol. The molecule has 4 nitrogen and oxygen atoms in total. The Kier molecular flexibility index (Phi) is 5.81. The molecule has 0 aromatic carbocycles. The van der Waals surface area contributed by atoms with Crippen LogP contribution < -0.4 is 11.5 Å². The first kappa shape index (κ1) is 16.4. The number of nitrogens with zero attached hydrogens (tertiary/aromatic N) is 1. The van der Waals surface area contributed by atoms with E-state index in [0.717, 1.165) is 38.8 Å². The van der Waals surface area contributed by atoms with Gasteiger partial charge < -0.3 is 16.4 Å². The minimum Gasteiger partial charge on any atom is -0.368 e. The third-order valence-corrected chi connectivity index (χ3v) is 4.43. The predicted octanol–water partition coefficient (Wildman–Crippen LogP) is 1.73. The molecule has 1 saturated carbocycles. The molecule has 0 spiro atoms. The van der Waals surface area contributed by atoms with E-state index in [1.54, 1.807) is 0 Å². The van der Waals surface area contributed by atoms with E-state index >= 15 is 0 Å². The maximum Gasteiger partial charge on any atom is 0.237 e. The highest BCUT2D eigenvalue weighted by atomic mass is 16.1. The van der Waals surface area contributed by atoms with Gasteiger partial charge in [0.2, 0.25) is 5.91 Å². The summed E-state index contributed by atoms with van der Waals surface area (Å²) in [5.74, 6) is 0.582. The average molecular weight is 269 g/mol. The Morgan fingerprint density at radius 1 is 1.37 bits per heavy atom. The first-order valence-corrected chi connectivity index (χ1v) is 7.60. The largest absolute Gasteiger partial charge is 0.368 e. The molecule has 0 radical (unpaired) electrons. The quantitative estimate of drug-likeness (QED) is 0.739. The van der Waals surface area contributed by atoms with Crippen molar-refractivity contribution >= 4 is 5.91 Å². The van der Waals surface area contributed by atoms with Crippen LogP contribution in [-0.4, -0.2) is 35.5 Å². The van der Waals surface area contributed by atoms with E-state index in [0.29, 0.717) is 12.0 Å². The second-order valence-electron chi connectivity index (χ2n) is 6.76. The van der Waals surface area contributed by atoms with Gasteiger partial charge in [-0.05, 0) is 51.5 Å². The molecule has 1 amide bonds. The van der Waals surface area contributed by atoms with Gasteiger partial charge in [-0.2, -0.15) is 0 Å². The second-order valence-corrected chi connectivity index (χ2v) is 6.76. The van der Waals surface area contributed by atoms with E-state index < -0.39 is 5.54 Å². The number of primary amides is 1. The van der Waals surface area contributed by atoms with Crippen LogP contribution in [-0.2, 0) is 4.79 Å². The molecule has 1 aliphatic rings. The lowest BCUT2D eigenvalue weighted by Crippen LogP contribution is -2.55. The zero-order valence-corrected chi connectivity index (χ0v) is 13.0. The number of hydrogen-bond donors (Lipinski definition) is 2. The first-order valence-electron chi connectivity index (χ1n) is 7.60. The molecule has 2 atom stereocenters. The van der Waals surface area contributed by atoms with Crippen molar-refractivity contribution in [1.29, 1.82) is 0 Å². The molecule has 2 unspecified atom stereocenters. The number of amides is 1. The number of rotatable bonds is 7. The second kappa shape index (κ2) is 6.71. The number of hydrogen-bond acceptors (Lipinski definition) is 3. The molecule has 4 N–H and O–H groups in total. The summed E-state index contributed by atoms with van der Waals surface area (Å²) in [7, 11) is 0. The van der Waals surface area contributed by atoms with E-state index in [2.05, 4.69) is 32.6 Å². The molecular formula is C15H31N3O. The number of carbonyl (C=O) groups is 1. The Bertz CT molecular complexity index is 304. The van der Waals surface area contributed by atoms with Crippen molar-refractivity contribution in [3.05, 3.63) is 0 Å². The summed E-state index contributed by atoms with van der Waals surface area (Å²) in [5.41, 5.74) is 10.9. The fourth-order valence-electron chi connectivity index (χ4n) is 3.18. The van der Waals surface area contributed by atoms with Gasteiger partial charge in [-0.25, -0.2) is 0 Å². The van der Waals surface area contributed by atoms with Crippen molar-refractivity contribution in [2.75, 3.05) is 13.1 Å². The van der Waals surface area contributed by atoms with Crippen LogP contribution in [0.2, 0.25) is 0 Å². The van der Waals surface area contributed by atoms with Crippen LogP contribution in [0.1, 0.15) is 53.4 Å². The fourth-order valence-corrected chi connectivity index (χ4v) is 3.18. The van der Waals surface area contributed by atoms with Gasteiger partial charge in [-0.1, -0.05) is 20.3 Å². The normalized spacial score (nSPS) is 27.7. The zero-order valence-electron chi connectivity index (χ0n) is 13.0. The van der Waals surface area contributed by atoms with E-state index in [1.165, 1.54) is 0 Å². The topological polar surface area (TPSA) is 72.3 Å². The Morgan fingerprint density at radius 2 is 2.00 bits per heavy atom. The van der Waals surface area contributed by atoms with Gasteiger partial charge in [0.05, 0.1) is 5.54 Å². The third kappa shape index (κ3) is 4.18. The van der Waals surface area contributed by atoms with Gasteiger partial charge in [-0.15, -0.1) is 0 Å². The van der Waals surface area contributed by atoms with Crippen LogP contribution in [0.3, 0.4) is 0 Å². The fraction of sp³-hybridized carbons (Fsp3) is 0.933. The van der Waals surface area contributed by atoms with Gasteiger partial charge >= 0.3 is 0 Å². The molecule has 1 rings (SSSR count). The average Bonchev–Trinajstić information content (AvgIpc) is 2.66. The Labute approximate surface area is 117 Å². The van der Waals surface area contributed by atoms with Crippen LogP contribution in [0.4, 0.5) is 0 Å². The van der Waals surface area contributed by atoms with Gasteiger partial charge in [0.15, 0.2) is 0 Å². The summed E-state index contributed by atoms with van der Waals surface area (Å²) < 4.78 is 0. The van der Waals surface area contributed by atoms with Crippen LogP contribution in [0.5, 0.6) is 0 Å². The highest BCUT2D eigenvalue weighted by Gasteiger charge is 2.44. The number of carbonyl (C=O) groups excluding carboxylic acids is 1. The van der Waals surface area contributed by atoms with Crippen molar-refractivity contribution < 1.29 is 4.79 Å². The summed E-state index contributed by atoms with van der Waals surface area (Å²) in [4.78, 5) is 14.1. The monoisotopic (exact) mass is 269 g/mol. The van der Waals surface area contributed by atoms with Crippen LogP contribution in [0.25, 0.3) is 0 Å². The number of nitrogens with two attached hydrogens (primary N) is 2. The minimum absolute atomic E-state index is 0.249. The van der Waals surface area contributed by atoms with Crippen molar-refractivity contribution in [3.63, 3.8) is 0 Å². The van der Waals surface area contributed by atoms with Crippen molar-refractivity contribution in [1.82, 2.24) is 4.90 Å². The summed E-state index contributed by atoms with van der Waals surface area (Å²) in [6.07, 6.45) is 3.78. The Balaban J connectivity index is 2.56. The molecule has 1 aliphatic carbocycles. The van der Waals surface area contributed by atoms with E-state index in [-0.39, 0.29) is 11.8 Å². The molecule has 19 heavy (non-hydrogen) atoms. The van der Waals surface area contributed by atoms with Gasteiger partial charge in [0.1, 0.15) is 0 Å². The molecule has 1 fully saturated rings. The highest BCUT2D eigenvalue weighted by molar-refractivity contribution is 5.85. The summed E-state index contributed by atoms with van der Waals surface area (Å²) in [5, 5.41) is 0. The van der Waals surface area contributed by atoms with E-state index in [4.69, 9.17) is 11.5 Å². The van der Waals surface area contributed by atoms with E-state index in [9.17, 15) is 4.79 Å². The van der Waals surface area contributed by atoms with Crippen molar-refractivity contribution in [3.8, 4) is 0 Å². The predicted molar refractivity (Wildman–Crippen MR) is 79.6 cm³/mol. The molecule has 4 heteroatoms. The van der Waals surface area contributed by atoms with Gasteiger partial charge in [0, 0.05) is 12.6 Å². The summed E-state index contributed by atoms with van der Waals surface area (Å²) in [6, 6.07) is 0.532. The Morgan fingerprint density at radius 3 is 2.47 bits per heavy atom. The van der Waals surface area contributed by atoms with Crippen molar-refractivity contribution in [2.24, 2.45) is 23.3 Å². The maximum absolute atomic E-state index is 11.6. The highest BCUT2D eigenvalue weighted by Crippen LogP contribution is 2.36. The SMILES string of the molecule is CC(C)CN(CCC1CCCC1(N)C(N)=O)C(C)C. The summed E-state index contributed by atoms with van der Waals surface area (Å²) >= 11 is 0. The van der Waals surface area contributed by atoms with E-state index in [1.807, 2.05) is 0 Å². The summed E-state index contributed by atoms with van der Waals surface area (Å²) in [6.45, 7) is 11.0. The third-order valence-electron chi connectivity index (χ3n) is 4.43. The van der Waals surface area contributed by atoms with Crippen LogP contribution >= 0.6 is 0 Å². The molecule has 0 aromatic heterocycles. The van der Waals surface area contributed by atoms with Crippen LogP contribution in [0, 0.1) is 11.8 Å². The van der Waals surface area contributed by atoms with Crippen molar-refractivity contribution in [2.45, 2.75) is 65.0 Å². The molecule has 0 saturated heterocycles. The maximum atomic E-state index is 11.6. The van der Waals surface area contributed by atoms with Gasteiger partial charge in [0.25, 0.3) is 0 Å². The lowest BCUT2D eigenvalue weighted by Gasteiger charge is -2.33. The minimum atomic E-state index is -0.763. The lowest BCUT2D eigenvalue weighted by atomic mass is 9.84. The molecule has 0 heterocycles. The molecule has 0 bridgehead atoms. The molecule has 112 valence electrons. The Hall–Kier alpha value is -0.610. The lowest BCUT2D eigenvalue weighted by molar-refractivity contribution is -0.124.